The molecule has 1 N–H and O–H groups in total. The van der Waals surface area contributed by atoms with Gasteiger partial charge in [0, 0.05) is 6.42 Å². The van der Waals surface area contributed by atoms with E-state index in [1.54, 1.807) is 13.2 Å². The number of hydrogen-bond acceptors (Lipinski definition) is 5. The molecule has 3 rings (SSSR count). The van der Waals surface area contributed by atoms with Gasteiger partial charge in [0.1, 0.15) is 5.75 Å². The van der Waals surface area contributed by atoms with E-state index in [1.165, 1.54) is 0 Å². The molecule has 1 aromatic carbocycles. The minimum absolute atomic E-state index is 0.0539. The molecule has 2 aromatic rings. The number of unbranched alkanes of at least 4 members (excludes halogenated alkanes) is 2. The number of ether oxygens (including phenoxy) is 1. The molecule has 6 heteroatoms. The van der Waals surface area contributed by atoms with Gasteiger partial charge in [-0.3, -0.25) is 4.79 Å². The molecule has 1 fully saturated rings. The van der Waals surface area contributed by atoms with Crippen LogP contribution in [0.25, 0.3) is 0 Å². The fraction of sp³-hybridized carbons (Fsp3) is 0.400. The fourth-order valence-corrected chi connectivity index (χ4v) is 3.00. The summed E-state index contributed by atoms with van der Waals surface area (Å²) in [6.45, 7) is 0. The van der Waals surface area contributed by atoms with Gasteiger partial charge in [0.05, 0.1) is 24.3 Å². The van der Waals surface area contributed by atoms with Gasteiger partial charge in [-0.2, -0.15) is 10.4 Å². The number of amides is 1. The van der Waals surface area contributed by atoms with Crippen molar-refractivity contribution >= 4 is 11.7 Å². The van der Waals surface area contributed by atoms with E-state index in [0.717, 1.165) is 49.1 Å². The van der Waals surface area contributed by atoms with Crippen molar-refractivity contribution in [2.75, 3.05) is 12.4 Å². The second-order valence-corrected chi connectivity index (χ2v) is 6.54. The van der Waals surface area contributed by atoms with Crippen LogP contribution in [-0.2, 0) is 16.6 Å². The summed E-state index contributed by atoms with van der Waals surface area (Å²) in [5.74, 6) is 1.16. The smallest absolute Gasteiger partial charge is 0.236 e. The Morgan fingerprint density at radius 1 is 1.27 bits per heavy atom. The summed E-state index contributed by atoms with van der Waals surface area (Å²) in [6, 6.07) is 13.5. The number of carbonyl (C=O) groups is 1. The minimum Gasteiger partial charge on any atom is -0.497 e. The molecule has 1 saturated carbocycles. The molecule has 6 nitrogen and oxygen atoms in total. The largest absolute Gasteiger partial charge is 0.497 e. The Labute approximate surface area is 153 Å². The summed E-state index contributed by atoms with van der Waals surface area (Å²) in [7, 11) is 1.62. The second-order valence-electron chi connectivity index (χ2n) is 6.54. The number of nitrogens with zero attached hydrogens (tertiary/aromatic N) is 3. The third kappa shape index (κ3) is 3.99. The predicted molar refractivity (Wildman–Crippen MR) is 97.7 cm³/mol. The Kier molecular flexibility index (Phi) is 5.47. The number of hydrogen-bond donors (Lipinski definition) is 1. The van der Waals surface area contributed by atoms with Crippen LogP contribution in [0.4, 0.5) is 5.82 Å². The number of rotatable bonds is 8. The minimum atomic E-state index is -0.494. The lowest BCUT2D eigenvalue weighted by Crippen LogP contribution is -2.28. The lowest BCUT2D eigenvalue weighted by Gasteiger charge is -2.16. The first kappa shape index (κ1) is 17.9. The van der Waals surface area contributed by atoms with Crippen LogP contribution in [0, 0.1) is 11.3 Å². The van der Waals surface area contributed by atoms with Crippen LogP contribution < -0.4 is 10.1 Å². The molecule has 1 aliphatic carbocycles. The highest BCUT2D eigenvalue weighted by molar-refractivity contribution is 6.00. The maximum atomic E-state index is 12.8. The average Bonchev–Trinajstić information content (AvgIpc) is 3.49. The number of carbonyl (C=O) groups excluding carboxylic acids is 1. The van der Waals surface area contributed by atoms with Gasteiger partial charge >= 0.3 is 0 Å². The number of benzene rings is 1. The normalized spacial score (nSPS) is 14.3. The van der Waals surface area contributed by atoms with Crippen LogP contribution in [0.3, 0.4) is 0 Å². The molecule has 0 aliphatic heterocycles. The quantitative estimate of drug-likeness (QED) is 0.737. The lowest BCUT2D eigenvalue weighted by atomic mass is 9.95. The summed E-state index contributed by atoms with van der Waals surface area (Å²) in [6.07, 6.45) is 4.75. The summed E-state index contributed by atoms with van der Waals surface area (Å²) in [5.41, 5.74) is 1.35. The topological polar surface area (TPSA) is 87.9 Å². The molecule has 0 atom stereocenters. The van der Waals surface area contributed by atoms with E-state index < -0.39 is 5.41 Å². The molecule has 1 heterocycles. The lowest BCUT2D eigenvalue weighted by molar-refractivity contribution is -0.118. The van der Waals surface area contributed by atoms with Crippen molar-refractivity contribution in [3.05, 3.63) is 47.7 Å². The molecular weight excluding hydrogens is 328 g/mol. The van der Waals surface area contributed by atoms with Gasteiger partial charge in [-0.1, -0.05) is 12.1 Å². The van der Waals surface area contributed by atoms with Crippen molar-refractivity contribution in [3.63, 3.8) is 0 Å². The van der Waals surface area contributed by atoms with Crippen LogP contribution >= 0.6 is 0 Å². The van der Waals surface area contributed by atoms with Crippen molar-refractivity contribution in [3.8, 4) is 11.8 Å². The maximum absolute atomic E-state index is 12.8. The van der Waals surface area contributed by atoms with E-state index in [-0.39, 0.29) is 5.91 Å². The third-order valence-electron chi connectivity index (χ3n) is 4.74. The maximum Gasteiger partial charge on any atom is 0.236 e. The molecule has 1 aromatic heterocycles. The Morgan fingerprint density at radius 3 is 2.77 bits per heavy atom. The standard InChI is InChI=1S/C20H22N4O2/c1-26-17-8-5-6-15(14-17)20(11-12-20)19(25)22-18-10-9-16(23-24-18)7-3-2-4-13-21/h5-6,8-10,14H,2-4,7,11-12H2,1H3,(H,22,24,25). The number of nitriles is 1. The summed E-state index contributed by atoms with van der Waals surface area (Å²) in [4.78, 5) is 12.8. The molecule has 0 radical (unpaired) electrons. The van der Waals surface area contributed by atoms with E-state index in [1.807, 2.05) is 30.3 Å². The third-order valence-corrected chi connectivity index (χ3v) is 4.74. The molecule has 26 heavy (non-hydrogen) atoms. The van der Waals surface area contributed by atoms with Gasteiger partial charge < -0.3 is 10.1 Å². The van der Waals surface area contributed by atoms with E-state index in [4.69, 9.17) is 10.00 Å². The number of aryl methyl sites for hydroxylation is 1. The van der Waals surface area contributed by atoms with Crippen LogP contribution in [0.15, 0.2) is 36.4 Å². The number of aromatic nitrogens is 2. The molecule has 134 valence electrons. The van der Waals surface area contributed by atoms with Crippen LogP contribution in [-0.4, -0.2) is 23.2 Å². The predicted octanol–water partition coefficient (Wildman–Crippen LogP) is 3.39. The Balaban J connectivity index is 1.62. The van der Waals surface area contributed by atoms with Gasteiger partial charge in [0.2, 0.25) is 5.91 Å². The Hall–Kier alpha value is -2.94. The van der Waals surface area contributed by atoms with Gasteiger partial charge in [0.15, 0.2) is 5.82 Å². The Bertz CT molecular complexity index is 807. The van der Waals surface area contributed by atoms with Gasteiger partial charge in [-0.15, -0.1) is 5.10 Å². The molecule has 0 unspecified atom stereocenters. The van der Waals surface area contributed by atoms with Crippen molar-refractivity contribution in [2.45, 2.75) is 43.9 Å². The molecular formula is C20H22N4O2. The van der Waals surface area contributed by atoms with Crippen molar-refractivity contribution in [2.24, 2.45) is 0 Å². The van der Waals surface area contributed by atoms with Gasteiger partial charge in [0.25, 0.3) is 0 Å². The van der Waals surface area contributed by atoms with Crippen molar-refractivity contribution in [1.82, 2.24) is 10.2 Å². The Morgan fingerprint density at radius 2 is 2.12 bits per heavy atom. The second kappa shape index (κ2) is 7.96. The highest BCUT2D eigenvalue weighted by Gasteiger charge is 2.51. The fourth-order valence-electron chi connectivity index (χ4n) is 3.00. The van der Waals surface area contributed by atoms with Gasteiger partial charge in [-0.25, -0.2) is 0 Å². The first-order chi connectivity index (χ1) is 12.7. The van der Waals surface area contributed by atoms with E-state index in [0.29, 0.717) is 12.2 Å². The van der Waals surface area contributed by atoms with Crippen LogP contribution in [0.2, 0.25) is 0 Å². The zero-order valence-electron chi connectivity index (χ0n) is 14.9. The van der Waals surface area contributed by atoms with Crippen molar-refractivity contribution < 1.29 is 9.53 Å². The molecule has 0 bridgehead atoms. The highest BCUT2D eigenvalue weighted by atomic mass is 16.5. The van der Waals surface area contributed by atoms with Crippen molar-refractivity contribution in [1.29, 1.82) is 5.26 Å². The van der Waals surface area contributed by atoms with Gasteiger partial charge in [-0.05, 0) is 61.9 Å². The zero-order chi connectivity index (χ0) is 18.4. The molecule has 0 spiro atoms. The van der Waals surface area contributed by atoms with Crippen LogP contribution in [0.1, 0.15) is 43.4 Å². The number of methoxy groups -OCH3 is 1. The highest BCUT2D eigenvalue weighted by Crippen LogP contribution is 2.49. The summed E-state index contributed by atoms with van der Waals surface area (Å²) in [5, 5.41) is 19.7. The first-order valence-corrected chi connectivity index (χ1v) is 8.83. The summed E-state index contributed by atoms with van der Waals surface area (Å²) >= 11 is 0. The number of anilines is 1. The first-order valence-electron chi connectivity index (χ1n) is 8.83. The molecule has 1 aliphatic rings. The number of nitrogens with one attached hydrogen (secondary N) is 1. The average molecular weight is 350 g/mol. The molecule has 0 saturated heterocycles. The molecule has 1 amide bonds. The van der Waals surface area contributed by atoms with E-state index >= 15 is 0 Å². The van der Waals surface area contributed by atoms with E-state index in [9.17, 15) is 4.79 Å². The van der Waals surface area contributed by atoms with E-state index in [2.05, 4.69) is 21.6 Å². The monoisotopic (exact) mass is 350 g/mol. The zero-order valence-corrected chi connectivity index (χ0v) is 14.9. The van der Waals surface area contributed by atoms with Crippen LogP contribution in [0.5, 0.6) is 5.75 Å². The summed E-state index contributed by atoms with van der Waals surface area (Å²) < 4.78 is 5.26. The SMILES string of the molecule is COc1cccc(C2(C(=O)Nc3ccc(CCCCC#N)nn3)CC2)c1.